The Labute approximate surface area is 142 Å². The first-order chi connectivity index (χ1) is 11.5. The van der Waals surface area contributed by atoms with Crippen LogP contribution in [0.3, 0.4) is 0 Å². The second-order valence-electron chi connectivity index (χ2n) is 6.55. The first-order valence-corrected chi connectivity index (χ1v) is 8.50. The zero-order valence-corrected chi connectivity index (χ0v) is 14.4. The van der Waals surface area contributed by atoms with E-state index in [9.17, 15) is 14.0 Å². The number of nitrogens with one attached hydrogen (secondary N) is 1. The summed E-state index contributed by atoms with van der Waals surface area (Å²) in [5.41, 5.74) is 0.284. The number of amides is 2. The Bertz CT molecular complexity index is 571. The number of carbonyl (C=O) groups is 2. The molecule has 1 aliphatic rings. The van der Waals surface area contributed by atoms with E-state index in [0.29, 0.717) is 25.6 Å². The smallest absolute Gasteiger partial charge is 0.254 e. The van der Waals surface area contributed by atoms with Crippen molar-refractivity contribution in [2.75, 3.05) is 39.3 Å². The van der Waals surface area contributed by atoms with Gasteiger partial charge in [0.05, 0.1) is 0 Å². The van der Waals surface area contributed by atoms with Gasteiger partial charge in [-0.05, 0) is 30.5 Å². The second-order valence-corrected chi connectivity index (χ2v) is 6.55. The van der Waals surface area contributed by atoms with Crippen LogP contribution in [0.15, 0.2) is 24.3 Å². The molecule has 6 heteroatoms. The van der Waals surface area contributed by atoms with Crippen molar-refractivity contribution in [2.45, 2.75) is 20.3 Å². The molecule has 1 fully saturated rings. The monoisotopic (exact) mass is 335 g/mol. The minimum atomic E-state index is -0.446. The van der Waals surface area contributed by atoms with Crippen LogP contribution in [0.5, 0.6) is 0 Å². The average molecular weight is 335 g/mol. The Kier molecular flexibility index (Phi) is 6.73. The van der Waals surface area contributed by atoms with Crippen molar-refractivity contribution in [3.05, 3.63) is 35.6 Å². The zero-order valence-electron chi connectivity index (χ0n) is 14.4. The second kappa shape index (κ2) is 8.78. The predicted octanol–water partition coefficient (Wildman–Crippen LogP) is 1.75. The number of benzene rings is 1. The number of hydrogen-bond acceptors (Lipinski definition) is 3. The number of piperazine rings is 1. The maximum Gasteiger partial charge on any atom is 0.254 e. The van der Waals surface area contributed by atoms with Crippen molar-refractivity contribution < 1.29 is 14.0 Å². The molecule has 1 aliphatic heterocycles. The topological polar surface area (TPSA) is 52.7 Å². The fourth-order valence-electron chi connectivity index (χ4n) is 2.65. The summed E-state index contributed by atoms with van der Waals surface area (Å²) >= 11 is 0. The molecule has 0 unspecified atom stereocenters. The molecule has 2 amide bonds. The van der Waals surface area contributed by atoms with Crippen LogP contribution in [0.1, 0.15) is 30.6 Å². The Morgan fingerprint density at radius 2 is 2.00 bits per heavy atom. The maximum absolute atomic E-state index is 13.4. The van der Waals surface area contributed by atoms with E-state index in [2.05, 4.69) is 19.2 Å². The van der Waals surface area contributed by atoms with Gasteiger partial charge in [-0.25, -0.2) is 4.39 Å². The Balaban J connectivity index is 2.08. The first-order valence-electron chi connectivity index (χ1n) is 8.50. The molecule has 1 saturated heterocycles. The van der Waals surface area contributed by atoms with E-state index in [1.807, 2.05) is 0 Å². The van der Waals surface area contributed by atoms with E-state index >= 15 is 0 Å². The molecule has 0 spiro atoms. The minimum absolute atomic E-state index is 0.0437. The van der Waals surface area contributed by atoms with Gasteiger partial charge in [0.25, 0.3) is 5.91 Å². The number of nitrogens with zero attached hydrogens (tertiary/aromatic N) is 2. The van der Waals surface area contributed by atoms with E-state index in [1.54, 1.807) is 15.9 Å². The van der Waals surface area contributed by atoms with Gasteiger partial charge in [-0.3, -0.25) is 9.59 Å². The molecular weight excluding hydrogens is 309 g/mol. The molecule has 24 heavy (non-hydrogen) atoms. The third kappa shape index (κ3) is 5.30. The Morgan fingerprint density at radius 3 is 2.62 bits per heavy atom. The van der Waals surface area contributed by atoms with Crippen LogP contribution in [-0.2, 0) is 4.79 Å². The molecule has 1 N–H and O–H groups in total. The van der Waals surface area contributed by atoms with Crippen molar-refractivity contribution in [2.24, 2.45) is 5.92 Å². The highest BCUT2D eigenvalue weighted by atomic mass is 19.1. The highest BCUT2D eigenvalue weighted by Crippen LogP contribution is 2.11. The fraction of sp³-hybridized carbons (Fsp3) is 0.556. The summed E-state index contributed by atoms with van der Waals surface area (Å²) in [6.45, 7) is 7.54. The fourth-order valence-corrected chi connectivity index (χ4v) is 2.65. The van der Waals surface area contributed by atoms with Gasteiger partial charge in [-0.15, -0.1) is 0 Å². The molecule has 5 nitrogen and oxygen atoms in total. The third-order valence-corrected chi connectivity index (χ3v) is 4.13. The number of hydrogen-bond donors (Lipinski definition) is 1. The summed E-state index contributed by atoms with van der Waals surface area (Å²) in [4.78, 5) is 28.5. The summed E-state index contributed by atoms with van der Waals surface area (Å²) in [5, 5.41) is 3.20. The molecule has 0 aliphatic carbocycles. The molecule has 132 valence electrons. The molecule has 0 radical (unpaired) electrons. The molecule has 0 bridgehead atoms. The normalized spacial score (nSPS) is 14.8. The molecule has 0 aromatic heterocycles. The van der Waals surface area contributed by atoms with Crippen LogP contribution in [0.4, 0.5) is 4.39 Å². The van der Waals surface area contributed by atoms with Gasteiger partial charge in [-0.1, -0.05) is 19.9 Å². The molecule has 0 atom stereocenters. The van der Waals surface area contributed by atoms with Gasteiger partial charge in [0.15, 0.2) is 0 Å². The van der Waals surface area contributed by atoms with Crippen molar-refractivity contribution in [3.8, 4) is 0 Å². The largest absolute Gasteiger partial charge is 0.339 e. The highest BCUT2D eigenvalue weighted by molar-refractivity contribution is 5.96. The lowest BCUT2D eigenvalue weighted by molar-refractivity contribution is -0.132. The van der Waals surface area contributed by atoms with E-state index in [-0.39, 0.29) is 23.9 Å². The van der Waals surface area contributed by atoms with Gasteiger partial charge in [0.1, 0.15) is 12.4 Å². The van der Waals surface area contributed by atoms with E-state index < -0.39 is 5.82 Å². The summed E-state index contributed by atoms with van der Waals surface area (Å²) in [7, 11) is 0. The van der Waals surface area contributed by atoms with Crippen LogP contribution >= 0.6 is 0 Å². The molecule has 0 saturated carbocycles. The van der Waals surface area contributed by atoms with Crippen molar-refractivity contribution in [1.82, 2.24) is 15.1 Å². The standard InChI is InChI=1S/C18H26FN3O2/c1-14(2)6-9-22(13-17(23)21-10-7-20-8-11-21)18(24)15-4-3-5-16(19)12-15/h3-5,12,14,20H,6-11,13H2,1-2H3. The average Bonchev–Trinajstić information content (AvgIpc) is 2.58. The SMILES string of the molecule is CC(C)CCN(CC(=O)N1CCNCC1)C(=O)c1cccc(F)c1. The summed E-state index contributed by atoms with van der Waals surface area (Å²) in [6.07, 6.45) is 0.801. The first kappa shape index (κ1) is 18.4. The quantitative estimate of drug-likeness (QED) is 0.862. The third-order valence-electron chi connectivity index (χ3n) is 4.13. The lowest BCUT2D eigenvalue weighted by Gasteiger charge is -2.30. The minimum Gasteiger partial charge on any atom is -0.339 e. The van der Waals surface area contributed by atoms with Gasteiger partial charge in [-0.2, -0.15) is 0 Å². The predicted molar refractivity (Wildman–Crippen MR) is 91.2 cm³/mol. The highest BCUT2D eigenvalue weighted by Gasteiger charge is 2.23. The number of rotatable bonds is 6. The van der Waals surface area contributed by atoms with Crippen molar-refractivity contribution >= 4 is 11.8 Å². The number of carbonyl (C=O) groups excluding carboxylic acids is 2. The van der Waals surface area contributed by atoms with E-state index in [4.69, 9.17) is 0 Å². The maximum atomic E-state index is 13.4. The van der Waals surface area contributed by atoms with Gasteiger partial charge < -0.3 is 15.1 Å². The lowest BCUT2D eigenvalue weighted by atomic mass is 10.1. The number of halogens is 1. The van der Waals surface area contributed by atoms with E-state index in [1.165, 1.54) is 18.2 Å². The van der Waals surface area contributed by atoms with Crippen LogP contribution in [-0.4, -0.2) is 60.9 Å². The molecule has 1 aromatic rings. The summed E-state index contributed by atoms with van der Waals surface area (Å²) in [6, 6.07) is 5.63. The van der Waals surface area contributed by atoms with Gasteiger partial charge in [0, 0.05) is 38.3 Å². The van der Waals surface area contributed by atoms with Gasteiger partial charge >= 0.3 is 0 Å². The van der Waals surface area contributed by atoms with Crippen LogP contribution < -0.4 is 5.32 Å². The van der Waals surface area contributed by atoms with Crippen LogP contribution in [0.25, 0.3) is 0 Å². The van der Waals surface area contributed by atoms with Crippen molar-refractivity contribution in [1.29, 1.82) is 0 Å². The molecule has 2 rings (SSSR count). The van der Waals surface area contributed by atoms with Crippen LogP contribution in [0, 0.1) is 11.7 Å². The molecule has 1 heterocycles. The Hall–Kier alpha value is -1.95. The summed E-state index contributed by atoms with van der Waals surface area (Å²) in [5.74, 6) is -0.371. The summed E-state index contributed by atoms with van der Waals surface area (Å²) < 4.78 is 13.4. The lowest BCUT2D eigenvalue weighted by Crippen LogP contribution is -2.50. The molecule has 1 aromatic carbocycles. The van der Waals surface area contributed by atoms with Gasteiger partial charge in [0.2, 0.25) is 5.91 Å². The van der Waals surface area contributed by atoms with Crippen molar-refractivity contribution in [3.63, 3.8) is 0 Å². The van der Waals surface area contributed by atoms with E-state index in [0.717, 1.165) is 19.5 Å². The Morgan fingerprint density at radius 1 is 1.29 bits per heavy atom. The zero-order chi connectivity index (χ0) is 17.5. The van der Waals surface area contributed by atoms with Crippen LogP contribution in [0.2, 0.25) is 0 Å². The molecular formula is C18H26FN3O2.